The summed E-state index contributed by atoms with van der Waals surface area (Å²) in [5, 5.41) is 23.0. The van der Waals surface area contributed by atoms with Crippen LogP contribution in [0, 0.1) is 11.3 Å². The molecule has 3 aromatic rings. The molecule has 5 heteroatoms. The number of rotatable bonds is 4. The fraction of sp³-hybridized carbons (Fsp3) is 0.111. The monoisotopic (exact) mass is 339 g/mol. The molecule has 0 radical (unpaired) electrons. The van der Waals surface area contributed by atoms with Gasteiger partial charge in [0.05, 0.1) is 5.56 Å². The van der Waals surface area contributed by atoms with Crippen molar-refractivity contribution in [1.29, 1.82) is 5.26 Å². The first kappa shape index (κ1) is 15.5. The summed E-state index contributed by atoms with van der Waals surface area (Å²) in [6, 6.07) is 11.9. The van der Waals surface area contributed by atoms with Crippen molar-refractivity contribution in [3.63, 3.8) is 0 Å². The maximum Gasteiger partial charge on any atom is 0.346 e. The van der Waals surface area contributed by atoms with E-state index in [9.17, 15) is 15.2 Å². The summed E-state index contributed by atoms with van der Waals surface area (Å²) in [4.78, 5) is 12.6. The molecule has 0 aliphatic carbocycles. The largest absolute Gasteiger partial charge is 0.477 e. The molecule has 3 rings (SSSR count). The highest BCUT2D eigenvalue weighted by atomic mass is 32.1. The summed E-state index contributed by atoms with van der Waals surface area (Å²) in [7, 11) is 0. The second-order valence-corrected chi connectivity index (χ2v) is 6.85. The fourth-order valence-corrected chi connectivity index (χ4v) is 4.24. The first-order valence-electron chi connectivity index (χ1n) is 7.07. The number of aryl methyl sites for hydroxylation is 1. The molecule has 1 N–H and O–H groups in total. The molecule has 0 atom stereocenters. The molecule has 0 fully saturated rings. The van der Waals surface area contributed by atoms with Gasteiger partial charge in [-0.25, -0.2) is 4.79 Å². The van der Waals surface area contributed by atoms with Gasteiger partial charge in [-0.05, 0) is 39.9 Å². The number of aromatic carboxylic acids is 1. The number of nitriles is 1. The maximum absolute atomic E-state index is 11.5. The summed E-state index contributed by atoms with van der Waals surface area (Å²) in [5.74, 6) is -0.983. The lowest BCUT2D eigenvalue weighted by Gasteiger charge is -2.04. The Kier molecular flexibility index (Phi) is 4.28. The quantitative estimate of drug-likeness (QED) is 0.704. The van der Waals surface area contributed by atoms with Crippen LogP contribution in [0.5, 0.6) is 0 Å². The van der Waals surface area contributed by atoms with Crippen molar-refractivity contribution >= 4 is 28.6 Å². The van der Waals surface area contributed by atoms with Gasteiger partial charge in [0.25, 0.3) is 0 Å². The lowest BCUT2D eigenvalue weighted by molar-refractivity contribution is 0.0703. The topological polar surface area (TPSA) is 61.1 Å². The van der Waals surface area contributed by atoms with E-state index in [-0.39, 0.29) is 4.88 Å². The molecule has 1 aromatic carbocycles. The molecule has 2 aromatic heterocycles. The van der Waals surface area contributed by atoms with Crippen LogP contribution >= 0.6 is 22.7 Å². The van der Waals surface area contributed by atoms with Gasteiger partial charge in [-0.15, -0.1) is 11.3 Å². The van der Waals surface area contributed by atoms with Gasteiger partial charge in [0.1, 0.15) is 10.9 Å². The van der Waals surface area contributed by atoms with E-state index in [2.05, 4.69) is 11.4 Å². The van der Waals surface area contributed by atoms with E-state index >= 15 is 0 Å². The van der Waals surface area contributed by atoms with Crippen molar-refractivity contribution in [2.75, 3.05) is 0 Å². The van der Waals surface area contributed by atoms with Crippen molar-refractivity contribution in [3.05, 3.63) is 56.4 Å². The molecule has 0 aliphatic heterocycles. The van der Waals surface area contributed by atoms with Crippen LogP contribution in [-0.4, -0.2) is 11.1 Å². The van der Waals surface area contributed by atoms with Gasteiger partial charge in [0.2, 0.25) is 0 Å². The minimum absolute atomic E-state index is 0.238. The van der Waals surface area contributed by atoms with Gasteiger partial charge in [0.15, 0.2) is 0 Å². The van der Waals surface area contributed by atoms with Crippen LogP contribution in [-0.2, 0) is 6.42 Å². The lowest BCUT2D eigenvalue weighted by Crippen LogP contribution is -1.95. The van der Waals surface area contributed by atoms with Gasteiger partial charge >= 0.3 is 5.97 Å². The summed E-state index contributed by atoms with van der Waals surface area (Å²) in [6.07, 6.45) is 0.654. The van der Waals surface area contributed by atoms with E-state index in [4.69, 9.17) is 0 Å². The van der Waals surface area contributed by atoms with Crippen LogP contribution in [0.1, 0.15) is 27.0 Å². The zero-order valence-electron chi connectivity index (χ0n) is 12.4. The third-order valence-electron chi connectivity index (χ3n) is 3.64. The van der Waals surface area contributed by atoms with Crippen molar-refractivity contribution in [1.82, 2.24) is 0 Å². The minimum atomic E-state index is -0.983. The van der Waals surface area contributed by atoms with E-state index in [0.717, 1.165) is 21.6 Å². The van der Waals surface area contributed by atoms with E-state index < -0.39 is 5.97 Å². The third-order valence-corrected chi connectivity index (χ3v) is 5.64. The Morgan fingerprint density at radius 2 is 1.87 bits per heavy atom. The molecule has 0 spiro atoms. The highest BCUT2D eigenvalue weighted by Crippen LogP contribution is 2.37. The third kappa shape index (κ3) is 2.79. The predicted molar refractivity (Wildman–Crippen MR) is 94.1 cm³/mol. The van der Waals surface area contributed by atoms with E-state index in [0.29, 0.717) is 17.5 Å². The Morgan fingerprint density at radius 1 is 1.17 bits per heavy atom. The zero-order valence-corrected chi connectivity index (χ0v) is 14.0. The van der Waals surface area contributed by atoms with Gasteiger partial charge in [-0.3, -0.25) is 0 Å². The zero-order chi connectivity index (χ0) is 16.4. The standard InChI is InChI=1S/C18H13NO2S2/c1-2-15-14(9-19)16(17(23-15)18(20)21)12-5-3-11(4-6-12)13-7-8-22-10-13/h3-8,10H,2H2,1H3,(H,20,21). The Hall–Kier alpha value is -2.42. The van der Waals surface area contributed by atoms with Crippen molar-refractivity contribution in [3.8, 4) is 28.3 Å². The van der Waals surface area contributed by atoms with E-state index in [1.807, 2.05) is 42.6 Å². The average molecular weight is 339 g/mol. The van der Waals surface area contributed by atoms with E-state index in [1.165, 1.54) is 11.3 Å². The molecule has 3 nitrogen and oxygen atoms in total. The fourth-order valence-electron chi connectivity index (χ4n) is 2.53. The normalized spacial score (nSPS) is 10.4. The molecular formula is C18H13NO2S2. The van der Waals surface area contributed by atoms with Gasteiger partial charge in [-0.2, -0.15) is 16.6 Å². The summed E-state index contributed by atoms with van der Waals surface area (Å²) in [6.45, 7) is 1.93. The number of carboxylic acid groups (broad SMARTS) is 1. The van der Waals surface area contributed by atoms with Crippen molar-refractivity contribution in [2.24, 2.45) is 0 Å². The molecule has 0 unspecified atom stereocenters. The first-order valence-corrected chi connectivity index (χ1v) is 8.83. The van der Waals surface area contributed by atoms with Crippen LogP contribution in [0.25, 0.3) is 22.3 Å². The van der Waals surface area contributed by atoms with Crippen LogP contribution in [0.15, 0.2) is 41.1 Å². The number of carboxylic acids is 1. The van der Waals surface area contributed by atoms with Crippen molar-refractivity contribution in [2.45, 2.75) is 13.3 Å². The molecule has 0 bridgehead atoms. The summed E-state index contributed by atoms with van der Waals surface area (Å²) in [5.41, 5.74) is 4.02. The Bertz CT molecular complexity index is 884. The number of hydrogen-bond donors (Lipinski definition) is 1. The van der Waals surface area contributed by atoms with Gasteiger partial charge in [-0.1, -0.05) is 31.2 Å². The molecule has 0 aliphatic rings. The molecule has 0 saturated carbocycles. The lowest BCUT2D eigenvalue weighted by atomic mass is 9.98. The molecule has 114 valence electrons. The summed E-state index contributed by atoms with van der Waals surface area (Å²) < 4.78 is 0. The van der Waals surface area contributed by atoms with Gasteiger partial charge < -0.3 is 5.11 Å². The molecule has 0 saturated heterocycles. The highest BCUT2D eigenvalue weighted by Gasteiger charge is 2.22. The second kappa shape index (κ2) is 6.37. The first-order chi connectivity index (χ1) is 11.2. The maximum atomic E-state index is 11.5. The Balaban J connectivity index is 2.13. The minimum Gasteiger partial charge on any atom is -0.477 e. The smallest absolute Gasteiger partial charge is 0.346 e. The number of carbonyl (C=O) groups is 1. The van der Waals surface area contributed by atoms with E-state index in [1.54, 1.807) is 11.3 Å². The molecule has 23 heavy (non-hydrogen) atoms. The SMILES string of the molecule is CCc1sc(C(=O)O)c(-c2ccc(-c3ccsc3)cc2)c1C#N. The van der Waals surface area contributed by atoms with Crippen LogP contribution in [0.3, 0.4) is 0 Å². The Morgan fingerprint density at radius 3 is 2.39 bits per heavy atom. The number of nitrogens with zero attached hydrogens (tertiary/aromatic N) is 1. The van der Waals surface area contributed by atoms with Crippen LogP contribution in [0.2, 0.25) is 0 Å². The summed E-state index contributed by atoms with van der Waals surface area (Å²) >= 11 is 2.83. The van der Waals surface area contributed by atoms with Crippen LogP contribution < -0.4 is 0 Å². The molecule has 0 amide bonds. The number of benzene rings is 1. The predicted octanol–water partition coefficient (Wildman–Crippen LogP) is 5.28. The molecular weight excluding hydrogens is 326 g/mol. The van der Waals surface area contributed by atoms with Crippen LogP contribution in [0.4, 0.5) is 0 Å². The van der Waals surface area contributed by atoms with Gasteiger partial charge in [0, 0.05) is 10.4 Å². The number of thiophene rings is 2. The number of hydrogen-bond acceptors (Lipinski definition) is 4. The Labute approximate surface area is 142 Å². The average Bonchev–Trinajstić information content (AvgIpc) is 3.22. The van der Waals surface area contributed by atoms with Crippen molar-refractivity contribution < 1.29 is 9.90 Å². The molecule has 2 heterocycles. The second-order valence-electron chi connectivity index (χ2n) is 4.96. The highest BCUT2D eigenvalue weighted by molar-refractivity contribution is 7.14.